The van der Waals surface area contributed by atoms with Crippen molar-refractivity contribution in [2.75, 3.05) is 0 Å². The maximum absolute atomic E-state index is 11.1. The smallest absolute Gasteiger partial charge is 0.336 e. The third kappa shape index (κ3) is 2.26. The number of hydrogen-bond acceptors (Lipinski definition) is 1. The largest absolute Gasteiger partial charge is 0.478 e. The number of carbonyl (C=O) groups is 1. The summed E-state index contributed by atoms with van der Waals surface area (Å²) in [6, 6.07) is 14.6. The second-order valence-corrected chi connectivity index (χ2v) is 3.68. The maximum Gasteiger partial charge on any atom is 0.336 e. The van der Waals surface area contributed by atoms with Crippen molar-refractivity contribution in [2.45, 2.75) is 0 Å². The van der Waals surface area contributed by atoms with E-state index in [1.54, 1.807) is 18.2 Å². The van der Waals surface area contributed by atoms with Gasteiger partial charge in [0.25, 0.3) is 0 Å². The average molecular weight is 224 g/mol. The van der Waals surface area contributed by atoms with E-state index in [9.17, 15) is 4.79 Å². The van der Waals surface area contributed by atoms with E-state index < -0.39 is 5.97 Å². The molecule has 0 aromatic heterocycles. The van der Waals surface area contributed by atoms with Crippen molar-refractivity contribution < 1.29 is 9.90 Å². The molecule has 0 fully saturated rings. The predicted molar refractivity (Wildman–Crippen MR) is 68.9 cm³/mol. The van der Waals surface area contributed by atoms with Gasteiger partial charge >= 0.3 is 5.97 Å². The van der Waals surface area contributed by atoms with Gasteiger partial charge in [-0.05, 0) is 22.8 Å². The van der Waals surface area contributed by atoms with Gasteiger partial charge in [0.2, 0.25) is 0 Å². The van der Waals surface area contributed by atoms with Gasteiger partial charge in [-0.15, -0.1) is 0 Å². The maximum atomic E-state index is 11.1. The van der Waals surface area contributed by atoms with Crippen LogP contribution < -0.4 is 0 Å². The molecular formula is C15H12O2. The zero-order valence-corrected chi connectivity index (χ0v) is 9.26. The molecular weight excluding hydrogens is 212 g/mol. The van der Waals surface area contributed by atoms with Crippen LogP contribution in [0.2, 0.25) is 0 Å². The van der Waals surface area contributed by atoms with Crippen molar-refractivity contribution in [3.8, 4) is 11.1 Å². The highest BCUT2D eigenvalue weighted by Crippen LogP contribution is 2.24. The Labute approximate surface area is 99.8 Å². The van der Waals surface area contributed by atoms with Crippen LogP contribution in [-0.4, -0.2) is 11.1 Å². The van der Waals surface area contributed by atoms with Crippen LogP contribution in [0.3, 0.4) is 0 Å². The van der Waals surface area contributed by atoms with Gasteiger partial charge in [0.15, 0.2) is 0 Å². The molecule has 2 heteroatoms. The third-order valence-corrected chi connectivity index (χ3v) is 2.61. The van der Waals surface area contributed by atoms with Crippen molar-refractivity contribution in [3.05, 3.63) is 66.2 Å². The molecule has 2 aromatic rings. The van der Waals surface area contributed by atoms with Crippen molar-refractivity contribution in [3.63, 3.8) is 0 Å². The standard InChI is InChI=1S/C15H12O2/c1-2-11-7-9-12(10-8-11)13-5-3-4-6-14(13)15(16)17/h2-10H,1H2,(H,16,17). The number of carboxylic acid groups (broad SMARTS) is 1. The summed E-state index contributed by atoms with van der Waals surface area (Å²) in [6.45, 7) is 3.69. The first-order valence-corrected chi connectivity index (χ1v) is 5.27. The summed E-state index contributed by atoms with van der Waals surface area (Å²) in [5, 5.41) is 9.11. The molecule has 2 nitrogen and oxygen atoms in total. The Kier molecular flexibility index (Phi) is 3.06. The Morgan fingerprint density at radius 3 is 2.29 bits per heavy atom. The van der Waals surface area contributed by atoms with Gasteiger partial charge in [-0.2, -0.15) is 0 Å². The van der Waals surface area contributed by atoms with Gasteiger partial charge in [-0.3, -0.25) is 0 Å². The fourth-order valence-electron chi connectivity index (χ4n) is 1.72. The molecule has 84 valence electrons. The number of aromatic carboxylic acids is 1. The van der Waals surface area contributed by atoms with Gasteiger partial charge in [0.1, 0.15) is 0 Å². The highest BCUT2D eigenvalue weighted by atomic mass is 16.4. The lowest BCUT2D eigenvalue weighted by Gasteiger charge is -2.06. The first-order valence-electron chi connectivity index (χ1n) is 5.27. The Morgan fingerprint density at radius 2 is 1.71 bits per heavy atom. The number of rotatable bonds is 3. The van der Waals surface area contributed by atoms with Crippen LogP contribution >= 0.6 is 0 Å². The Hall–Kier alpha value is -2.35. The molecule has 0 unspecified atom stereocenters. The first-order chi connectivity index (χ1) is 8.22. The SMILES string of the molecule is C=Cc1ccc(-c2ccccc2C(=O)O)cc1. The second kappa shape index (κ2) is 4.66. The minimum absolute atomic E-state index is 0.318. The van der Waals surface area contributed by atoms with Gasteiger partial charge in [0.05, 0.1) is 5.56 Å². The van der Waals surface area contributed by atoms with Crippen LogP contribution in [-0.2, 0) is 0 Å². The quantitative estimate of drug-likeness (QED) is 0.863. The van der Waals surface area contributed by atoms with Gasteiger partial charge < -0.3 is 5.11 Å². The number of benzene rings is 2. The lowest BCUT2D eigenvalue weighted by atomic mass is 9.99. The second-order valence-electron chi connectivity index (χ2n) is 3.68. The summed E-state index contributed by atoms with van der Waals surface area (Å²) in [4.78, 5) is 11.1. The van der Waals surface area contributed by atoms with Crippen LogP contribution in [0.15, 0.2) is 55.1 Å². The molecule has 0 aliphatic heterocycles. The van der Waals surface area contributed by atoms with Gasteiger partial charge in [0, 0.05) is 0 Å². The molecule has 0 aliphatic rings. The lowest BCUT2D eigenvalue weighted by Crippen LogP contribution is -1.98. The van der Waals surface area contributed by atoms with Gasteiger partial charge in [-0.25, -0.2) is 4.79 Å². The fourth-order valence-corrected chi connectivity index (χ4v) is 1.72. The number of hydrogen-bond donors (Lipinski definition) is 1. The van der Waals surface area contributed by atoms with Crippen molar-refractivity contribution >= 4 is 12.0 Å². The van der Waals surface area contributed by atoms with Crippen LogP contribution in [0.1, 0.15) is 15.9 Å². The highest BCUT2D eigenvalue weighted by Gasteiger charge is 2.09. The molecule has 0 radical (unpaired) electrons. The molecule has 17 heavy (non-hydrogen) atoms. The van der Waals surface area contributed by atoms with E-state index in [-0.39, 0.29) is 0 Å². The Bertz CT molecular complexity index is 553. The molecule has 0 heterocycles. The highest BCUT2D eigenvalue weighted by molar-refractivity contribution is 5.96. The minimum atomic E-state index is -0.909. The van der Waals surface area contributed by atoms with E-state index in [4.69, 9.17) is 5.11 Å². The van der Waals surface area contributed by atoms with E-state index in [2.05, 4.69) is 6.58 Å². The van der Waals surface area contributed by atoms with Crippen LogP contribution in [0, 0.1) is 0 Å². The topological polar surface area (TPSA) is 37.3 Å². The normalized spacial score (nSPS) is 9.88. The fraction of sp³-hybridized carbons (Fsp3) is 0. The third-order valence-electron chi connectivity index (χ3n) is 2.61. The summed E-state index contributed by atoms with van der Waals surface area (Å²) in [5.74, 6) is -0.909. The first kappa shape index (κ1) is 11.1. The zero-order valence-electron chi connectivity index (χ0n) is 9.26. The van der Waals surface area contributed by atoms with E-state index >= 15 is 0 Å². The molecule has 2 aromatic carbocycles. The minimum Gasteiger partial charge on any atom is -0.478 e. The van der Waals surface area contributed by atoms with E-state index in [1.807, 2.05) is 36.4 Å². The molecule has 0 spiro atoms. The molecule has 0 aliphatic carbocycles. The lowest BCUT2D eigenvalue weighted by molar-refractivity contribution is 0.0698. The van der Waals surface area contributed by atoms with Crippen molar-refractivity contribution in [2.24, 2.45) is 0 Å². The molecule has 2 rings (SSSR count). The Balaban J connectivity index is 2.52. The van der Waals surface area contributed by atoms with Crippen LogP contribution in [0.5, 0.6) is 0 Å². The van der Waals surface area contributed by atoms with Crippen LogP contribution in [0.25, 0.3) is 17.2 Å². The molecule has 1 N–H and O–H groups in total. The zero-order chi connectivity index (χ0) is 12.3. The van der Waals surface area contributed by atoms with E-state index in [1.165, 1.54) is 0 Å². The van der Waals surface area contributed by atoms with Crippen molar-refractivity contribution in [1.82, 2.24) is 0 Å². The molecule has 0 amide bonds. The molecule has 0 atom stereocenters. The molecule has 0 saturated heterocycles. The summed E-state index contributed by atoms with van der Waals surface area (Å²) in [6.07, 6.45) is 1.76. The average Bonchev–Trinajstić information content (AvgIpc) is 2.39. The van der Waals surface area contributed by atoms with E-state index in [0.29, 0.717) is 5.56 Å². The van der Waals surface area contributed by atoms with Crippen molar-refractivity contribution in [1.29, 1.82) is 0 Å². The number of carboxylic acids is 1. The van der Waals surface area contributed by atoms with Crippen LogP contribution in [0.4, 0.5) is 0 Å². The van der Waals surface area contributed by atoms with E-state index in [0.717, 1.165) is 16.7 Å². The molecule has 0 saturated carbocycles. The summed E-state index contributed by atoms with van der Waals surface area (Å²) < 4.78 is 0. The molecule has 0 bridgehead atoms. The van der Waals surface area contributed by atoms with Gasteiger partial charge in [-0.1, -0.05) is 55.1 Å². The predicted octanol–water partition coefficient (Wildman–Crippen LogP) is 3.69. The monoisotopic (exact) mass is 224 g/mol. The summed E-state index contributed by atoms with van der Waals surface area (Å²) >= 11 is 0. The summed E-state index contributed by atoms with van der Waals surface area (Å²) in [5.41, 5.74) is 2.96. The summed E-state index contributed by atoms with van der Waals surface area (Å²) in [7, 11) is 0. The Morgan fingerprint density at radius 1 is 1.06 bits per heavy atom.